The molecule has 2 rings (SSSR count). The van der Waals surface area contributed by atoms with Gasteiger partial charge >= 0.3 is 0 Å². The molecular formula is C16H17ClFNO2. The van der Waals surface area contributed by atoms with Crippen LogP contribution in [0.15, 0.2) is 30.3 Å². The third kappa shape index (κ3) is 3.12. The lowest BCUT2D eigenvalue weighted by Crippen LogP contribution is -2.15. The normalized spacial score (nSPS) is 12.1. The summed E-state index contributed by atoms with van der Waals surface area (Å²) in [4.78, 5) is 0. The second kappa shape index (κ2) is 6.33. The van der Waals surface area contributed by atoms with Gasteiger partial charge in [-0.2, -0.15) is 0 Å². The van der Waals surface area contributed by atoms with Crippen LogP contribution in [0.2, 0.25) is 5.02 Å². The van der Waals surface area contributed by atoms with Crippen molar-refractivity contribution in [1.29, 1.82) is 0 Å². The molecule has 0 fully saturated rings. The van der Waals surface area contributed by atoms with E-state index in [4.69, 9.17) is 26.8 Å². The molecule has 0 amide bonds. The van der Waals surface area contributed by atoms with Gasteiger partial charge in [0.2, 0.25) is 0 Å². The van der Waals surface area contributed by atoms with Gasteiger partial charge in [0.15, 0.2) is 11.5 Å². The molecule has 112 valence electrons. The van der Waals surface area contributed by atoms with E-state index < -0.39 is 11.9 Å². The lowest BCUT2D eigenvalue weighted by Gasteiger charge is -2.18. The molecule has 0 heterocycles. The van der Waals surface area contributed by atoms with Crippen molar-refractivity contribution in [3.05, 3.63) is 57.9 Å². The molecule has 0 saturated carbocycles. The number of methoxy groups -OCH3 is 2. The average Bonchev–Trinajstić information content (AvgIpc) is 2.48. The first-order valence-electron chi connectivity index (χ1n) is 6.41. The number of hydrogen-bond donors (Lipinski definition) is 1. The van der Waals surface area contributed by atoms with Crippen LogP contribution in [-0.4, -0.2) is 14.2 Å². The number of ether oxygens (including phenoxy) is 2. The summed E-state index contributed by atoms with van der Waals surface area (Å²) in [5.41, 5.74) is 8.26. The molecule has 0 bridgehead atoms. The highest BCUT2D eigenvalue weighted by molar-refractivity contribution is 6.30. The number of rotatable bonds is 4. The van der Waals surface area contributed by atoms with E-state index in [1.165, 1.54) is 20.3 Å². The topological polar surface area (TPSA) is 44.5 Å². The maximum atomic E-state index is 14.3. The van der Waals surface area contributed by atoms with Crippen LogP contribution in [0.25, 0.3) is 0 Å². The molecule has 0 aliphatic rings. The molecular weight excluding hydrogens is 293 g/mol. The fraction of sp³-hybridized carbons (Fsp3) is 0.250. The van der Waals surface area contributed by atoms with Crippen molar-refractivity contribution in [3.63, 3.8) is 0 Å². The minimum Gasteiger partial charge on any atom is -0.493 e. The SMILES string of the molecule is COc1cc(F)c(C(N)c2cc(Cl)ccc2C)cc1OC. The molecule has 0 saturated heterocycles. The van der Waals surface area contributed by atoms with Crippen molar-refractivity contribution in [1.82, 2.24) is 0 Å². The molecule has 5 heteroatoms. The summed E-state index contributed by atoms with van der Waals surface area (Å²) in [6.07, 6.45) is 0. The molecule has 3 nitrogen and oxygen atoms in total. The monoisotopic (exact) mass is 309 g/mol. The quantitative estimate of drug-likeness (QED) is 0.933. The van der Waals surface area contributed by atoms with Crippen LogP contribution in [-0.2, 0) is 0 Å². The Morgan fingerprint density at radius 1 is 1.05 bits per heavy atom. The zero-order valence-electron chi connectivity index (χ0n) is 12.1. The molecule has 2 aromatic carbocycles. The van der Waals surface area contributed by atoms with Crippen molar-refractivity contribution in [2.24, 2.45) is 5.73 Å². The van der Waals surface area contributed by atoms with E-state index in [9.17, 15) is 4.39 Å². The van der Waals surface area contributed by atoms with Crippen LogP contribution in [0.5, 0.6) is 11.5 Å². The number of nitrogens with two attached hydrogens (primary N) is 1. The maximum Gasteiger partial charge on any atom is 0.163 e. The van der Waals surface area contributed by atoms with Gasteiger partial charge in [0.1, 0.15) is 5.82 Å². The summed E-state index contributed by atoms with van der Waals surface area (Å²) >= 11 is 6.00. The first-order chi connectivity index (χ1) is 9.97. The minimum absolute atomic E-state index is 0.328. The number of aryl methyl sites for hydroxylation is 1. The van der Waals surface area contributed by atoms with Crippen LogP contribution in [0.4, 0.5) is 4.39 Å². The van der Waals surface area contributed by atoms with Crippen molar-refractivity contribution in [2.75, 3.05) is 14.2 Å². The second-order valence-corrected chi connectivity index (χ2v) is 5.14. The smallest absolute Gasteiger partial charge is 0.163 e. The van der Waals surface area contributed by atoms with E-state index in [2.05, 4.69) is 0 Å². The van der Waals surface area contributed by atoms with Crippen molar-refractivity contribution < 1.29 is 13.9 Å². The Morgan fingerprint density at radius 3 is 2.29 bits per heavy atom. The Balaban J connectivity index is 2.52. The van der Waals surface area contributed by atoms with Gasteiger partial charge in [0.25, 0.3) is 0 Å². The van der Waals surface area contributed by atoms with Gasteiger partial charge in [-0.05, 0) is 36.2 Å². The summed E-state index contributed by atoms with van der Waals surface area (Å²) in [7, 11) is 2.95. The Hall–Kier alpha value is -1.78. The van der Waals surface area contributed by atoms with E-state index in [1.807, 2.05) is 13.0 Å². The van der Waals surface area contributed by atoms with Crippen molar-refractivity contribution in [3.8, 4) is 11.5 Å². The van der Waals surface area contributed by atoms with E-state index >= 15 is 0 Å². The number of halogens is 2. The van der Waals surface area contributed by atoms with Gasteiger partial charge in [-0.3, -0.25) is 0 Å². The highest BCUT2D eigenvalue weighted by Crippen LogP contribution is 2.34. The van der Waals surface area contributed by atoms with Crippen LogP contribution in [0.1, 0.15) is 22.7 Å². The van der Waals surface area contributed by atoms with Crippen molar-refractivity contribution in [2.45, 2.75) is 13.0 Å². The van der Waals surface area contributed by atoms with E-state index in [1.54, 1.807) is 18.2 Å². The van der Waals surface area contributed by atoms with Crippen molar-refractivity contribution >= 4 is 11.6 Å². The molecule has 0 spiro atoms. The van der Waals surface area contributed by atoms with Gasteiger partial charge in [0, 0.05) is 16.7 Å². The molecule has 0 aliphatic carbocycles. The van der Waals surface area contributed by atoms with E-state index in [-0.39, 0.29) is 0 Å². The minimum atomic E-state index is -0.636. The molecule has 0 aromatic heterocycles. The van der Waals surface area contributed by atoms with Crippen LogP contribution < -0.4 is 15.2 Å². The number of hydrogen-bond acceptors (Lipinski definition) is 3. The molecule has 1 atom stereocenters. The predicted molar refractivity (Wildman–Crippen MR) is 81.7 cm³/mol. The zero-order valence-corrected chi connectivity index (χ0v) is 12.9. The third-order valence-electron chi connectivity index (χ3n) is 3.41. The first-order valence-corrected chi connectivity index (χ1v) is 6.78. The Labute approximate surface area is 128 Å². The molecule has 2 aromatic rings. The Kier molecular flexibility index (Phi) is 4.70. The lowest BCUT2D eigenvalue weighted by atomic mass is 9.95. The van der Waals surface area contributed by atoms with Crippen LogP contribution >= 0.6 is 11.6 Å². The maximum absolute atomic E-state index is 14.3. The lowest BCUT2D eigenvalue weighted by molar-refractivity contribution is 0.351. The van der Waals surface area contributed by atoms with Gasteiger partial charge in [-0.15, -0.1) is 0 Å². The highest BCUT2D eigenvalue weighted by atomic mass is 35.5. The third-order valence-corrected chi connectivity index (χ3v) is 3.65. The number of benzene rings is 2. The molecule has 1 unspecified atom stereocenters. The standard InChI is InChI=1S/C16H17ClFNO2/c1-9-4-5-10(17)6-11(9)16(19)12-7-14(20-2)15(21-3)8-13(12)18/h4-8,16H,19H2,1-3H3. The summed E-state index contributed by atoms with van der Waals surface area (Å²) in [6, 6.07) is 7.57. The first kappa shape index (κ1) is 15.6. The summed E-state index contributed by atoms with van der Waals surface area (Å²) in [5, 5.41) is 0.562. The molecule has 0 radical (unpaired) electrons. The van der Waals surface area contributed by atoms with E-state index in [0.29, 0.717) is 22.1 Å². The second-order valence-electron chi connectivity index (χ2n) is 4.71. The molecule has 21 heavy (non-hydrogen) atoms. The zero-order chi connectivity index (χ0) is 15.6. The van der Waals surface area contributed by atoms with E-state index in [0.717, 1.165) is 11.1 Å². The molecule has 2 N–H and O–H groups in total. The van der Waals surface area contributed by atoms with Crippen LogP contribution in [0.3, 0.4) is 0 Å². The summed E-state index contributed by atoms with van der Waals surface area (Å²) < 4.78 is 24.5. The summed E-state index contributed by atoms with van der Waals surface area (Å²) in [6.45, 7) is 1.91. The predicted octanol–water partition coefficient (Wildman–Crippen LogP) is 3.85. The molecule has 0 aliphatic heterocycles. The van der Waals surface area contributed by atoms with Gasteiger partial charge in [-0.1, -0.05) is 17.7 Å². The largest absolute Gasteiger partial charge is 0.493 e. The van der Waals surface area contributed by atoms with Gasteiger partial charge in [-0.25, -0.2) is 4.39 Å². The Morgan fingerprint density at radius 2 is 1.67 bits per heavy atom. The average molecular weight is 310 g/mol. The van der Waals surface area contributed by atoms with Crippen LogP contribution in [0, 0.1) is 12.7 Å². The Bertz CT molecular complexity index is 661. The van der Waals surface area contributed by atoms with Gasteiger partial charge < -0.3 is 15.2 Å². The fourth-order valence-electron chi connectivity index (χ4n) is 2.22. The highest BCUT2D eigenvalue weighted by Gasteiger charge is 2.19. The fourth-order valence-corrected chi connectivity index (χ4v) is 2.40. The van der Waals surface area contributed by atoms with Gasteiger partial charge in [0.05, 0.1) is 20.3 Å². The summed E-state index contributed by atoms with van der Waals surface area (Å²) in [5.74, 6) is 0.317.